The zero-order chi connectivity index (χ0) is 15.2. The summed E-state index contributed by atoms with van der Waals surface area (Å²) in [4.78, 5) is 0. The molecule has 0 spiro atoms. The van der Waals surface area contributed by atoms with E-state index in [9.17, 15) is 4.39 Å². The van der Waals surface area contributed by atoms with Crippen LogP contribution in [0.3, 0.4) is 0 Å². The normalized spacial score (nSPS) is 9.90. The van der Waals surface area contributed by atoms with E-state index in [-0.39, 0.29) is 19.0 Å². The van der Waals surface area contributed by atoms with Gasteiger partial charge in [0.1, 0.15) is 24.8 Å². The maximum Gasteiger partial charge on any atom is 0.131 e. The number of halogens is 2. The Morgan fingerprint density at radius 3 is 2.76 bits per heavy atom. The van der Waals surface area contributed by atoms with Gasteiger partial charge in [-0.2, -0.15) is 0 Å². The van der Waals surface area contributed by atoms with Gasteiger partial charge in [-0.05, 0) is 36.8 Å². The molecule has 0 aliphatic heterocycles. The number of rotatable bonds is 3. The Balaban J connectivity index is 2.11. The Kier molecular flexibility index (Phi) is 5.21. The molecule has 2 aromatic carbocycles. The highest BCUT2D eigenvalue weighted by Gasteiger charge is 2.06. The third-order valence-electron chi connectivity index (χ3n) is 2.90. The molecule has 2 rings (SSSR count). The minimum atomic E-state index is -0.389. The number of hydrogen-bond donors (Lipinski definition) is 1. The molecule has 0 radical (unpaired) electrons. The van der Waals surface area contributed by atoms with Crippen molar-refractivity contribution in [3.63, 3.8) is 0 Å². The summed E-state index contributed by atoms with van der Waals surface area (Å²) in [7, 11) is 0. The van der Waals surface area contributed by atoms with Gasteiger partial charge in [-0.1, -0.05) is 35.6 Å². The average molecular weight is 305 g/mol. The molecular formula is C17H14ClFO2. The smallest absolute Gasteiger partial charge is 0.131 e. The highest BCUT2D eigenvalue weighted by Crippen LogP contribution is 2.24. The van der Waals surface area contributed by atoms with Crippen molar-refractivity contribution in [2.24, 2.45) is 0 Å². The van der Waals surface area contributed by atoms with Crippen LogP contribution in [0.2, 0.25) is 5.02 Å². The molecule has 0 atom stereocenters. The van der Waals surface area contributed by atoms with Crippen molar-refractivity contribution in [2.75, 3.05) is 6.61 Å². The molecule has 0 fully saturated rings. The standard InChI is InChI=1S/C17H14ClFO2/c1-12-4-7-15(18)10-17(12)21-11-14-6-5-13(3-2-8-20)9-16(14)19/h4-7,9-10,20H,8,11H2,1H3. The quantitative estimate of drug-likeness (QED) is 0.876. The Labute approximate surface area is 128 Å². The SMILES string of the molecule is Cc1ccc(Cl)cc1OCc1ccc(C#CCO)cc1F. The first-order valence-electron chi connectivity index (χ1n) is 6.37. The molecule has 0 saturated carbocycles. The third kappa shape index (κ3) is 4.22. The van der Waals surface area contributed by atoms with E-state index < -0.39 is 0 Å². The molecule has 4 heteroatoms. The van der Waals surface area contributed by atoms with E-state index in [4.69, 9.17) is 21.4 Å². The summed E-state index contributed by atoms with van der Waals surface area (Å²) in [6, 6.07) is 9.97. The maximum atomic E-state index is 13.9. The summed E-state index contributed by atoms with van der Waals surface area (Å²) in [5.74, 6) is 5.37. The molecule has 0 saturated heterocycles. The summed E-state index contributed by atoms with van der Waals surface area (Å²) in [5.41, 5.74) is 1.89. The lowest BCUT2D eigenvalue weighted by molar-refractivity contribution is 0.298. The second kappa shape index (κ2) is 7.12. The zero-order valence-corrected chi connectivity index (χ0v) is 12.2. The fourth-order valence-corrected chi connectivity index (χ4v) is 1.93. The monoisotopic (exact) mass is 304 g/mol. The lowest BCUT2D eigenvalue weighted by Gasteiger charge is -2.10. The van der Waals surface area contributed by atoms with Gasteiger partial charge in [0.05, 0.1) is 0 Å². The molecule has 108 valence electrons. The lowest BCUT2D eigenvalue weighted by atomic mass is 10.1. The molecule has 0 heterocycles. The van der Waals surface area contributed by atoms with Crippen molar-refractivity contribution in [1.82, 2.24) is 0 Å². The topological polar surface area (TPSA) is 29.5 Å². The number of benzene rings is 2. The van der Waals surface area contributed by atoms with E-state index in [2.05, 4.69) is 11.8 Å². The Morgan fingerprint density at radius 2 is 2.05 bits per heavy atom. The summed E-state index contributed by atoms with van der Waals surface area (Å²) in [6.07, 6.45) is 0. The number of aryl methyl sites for hydroxylation is 1. The molecule has 0 aromatic heterocycles. The molecule has 2 aromatic rings. The van der Waals surface area contributed by atoms with Crippen molar-refractivity contribution < 1.29 is 14.2 Å². The van der Waals surface area contributed by atoms with Crippen molar-refractivity contribution in [2.45, 2.75) is 13.5 Å². The fourth-order valence-electron chi connectivity index (χ4n) is 1.77. The molecule has 0 aliphatic rings. The van der Waals surface area contributed by atoms with Crippen molar-refractivity contribution in [3.8, 4) is 17.6 Å². The predicted molar refractivity (Wildman–Crippen MR) is 80.9 cm³/mol. The number of hydrogen-bond acceptors (Lipinski definition) is 2. The Hall–Kier alpha value is -2.02. The summed E-state index contributed by atoms with van der Waals surface area (Å²) in [6.45, 7) is 1.76. The Morgan fingerprint density at radius 1 is 1.24 bits per heavy atom. The van der Waals surface area contributed by atoms with E-state index in [0.29, 0.717) is 21.9 Å². The summed E-state index contributed by atoms with van der Waals surface area (Å²) in [5, 5.41) is 9.19. The van der Waals surface area contributed by atoms with E-state index >= 15 is 0 Å². The van der Waals surface area contributed by atoms with Crippen LogP contribution in [0.15, 0.2) is 36.4 Å². The third-order valence-corrected chi connectivity index (χ3v) is 3.13. The first kappa shape index (κ1) is 15.4. The van der Waals surface area contributed by atoms with Gasteiger partial charge in [-0.15, -0.1) is 0 Å². The average Bonchev–Trinajstić information content (AvgIpc) is 2.47. The largest absolute Gasteiger partial charge is 0.488 e. The van der Waals surface area contributed by atoms with E-state index in [1.165, 1.54) is 6.07 Å². The van der Waals surface area contributed by atoms with E-state index in [1.54, 1.807) is 24.3 Å². The molecule has 0 amide bonds. The maximum absolute atomic E-state index is 13.9. The first-order valence-corrected chi connectivity index (χ1v) is 6.75. The number of aliphatic hydroxyl groups excluding tert-OH is 1. The van der Waals surface area contributed by atoms with Gasteiger partial charge in [0.2, 0.25) is 0 Å². The van der Waals surface area contributed by atoms with Gasteiger partial charge in [0, 0.05) is 16.1 Å². The first-order chi connectivity index (χ1) is 10.1. The van der Waals surface area contributed by atoms with Crippen LogP contribution in [-0.2, 0) is 6.61 Å². The van der Waals surface area contributed by atoms with Gasteiger partial charge in [0.15, 0.2) is 0 Å². The molecule has 21 heavy (non-hydrogen) atoms. The summed E-state index contributed by atoms with van der Waals surface area (Å²) >= 11 is 5.91. The second-order valence-electron chi connectivity index (χ2n) is 4.46. The molecule has 2 nitrogen and oxygen atoms in total. The van der Waals surface area contributed by atoms with Crippen LogP contribution in [0.25, 0.3) is 0 Å². The van der Waals surface area contributed by atoms with E-state index in [1.807, 2.05) is 13.0 Å². The van der Waals surface area contributed by atoms with Crippen molar-refractivity contribution in [1.29, 1.82) is 0 Å². The van der Waals surface area contributed by atoms with Crippen LogP contribution in [0.4, 0.5) is 4.39 Å². The highest BCUT2D eigenvalue weighted by molar-refractivity contribution is 6.30. The number of ether oxygens (including phenoxy) is 1. The van der Waals surface area contributed by atoms with Crippen LogP contribution in [-0.4, -0.2) is 11.7 Å². The van der Waals surface area contributed by atoms with E-state index in [0.717, 1.165) is 5.56 Å². The number of aliphatic hydroxyl groups is 1. The van der Waals surface area contributed by atoms with Gasteiger partial charge < -0.3 is 9.84 Å². The zero-order valence-electron chi connectivity index (χ0n) is 11.5. The van der Waals surface area contributed by atoms with Gasteiger partial charge in [-0.25, -0.2) is 4.39 Å². The van der Waals surface area contributed by atoms with Crippen molar-refractivity contribution in [3.05, 3.63) is 63.9 Å². The fraction of sp³-hybridized carbons (Fsp3) is 0.176. The molecule has 0 aliphatic carbocycles. The van der Waals surface area contributed by atoms with Crippen LogP contribution < -0.4 is 4.74 Å². The van der Waals surface area contributed by atoms with Gasteiger partial charge in [0.25, 0.3) is 0 Å². The minimum Gasteiger partial charge on any atom is -0.488 e. The van der Waals surface area contributed by atoms with Gasteiger partial charge in [-0.3, -0.25) is 0 Å². The van der Waals surface area contributed by atoms with Gasteiger partial charge >= 0.3 is 0 Å². The predicted octanol–water partition coefficient (Wildman–Crippen LogP) is 3.71. The lowest BCUT2D eigenvalue weighted by Crippen LogP contribution is -2.00. The molecule has 0 bridgehead atoms. The Bertz CT molecular complexity index is 702. The minimum absolute atomic E-state index is 0.112. The van der Waals surface area contributed by atoms with Crippen LogP contribution >= 0.6 is 11.6 Å². The van der Waals surface area contributed by atoms with Crippen LogP contribution in [0, 0.1) is 24.6 Å². The molecule has 0 unspecified atom stereocenters. The van der Waals surface area contributed by atoms with Crippen LogP contribution in [0.1, 0.15) is 16.7 Å². The molecule has 1 N–H and O–H groups in total. The molecular weight excluding hydrogens is 291 g/mol. The highest BCUT2D eigenvalue weighted by atomic mass is 35.5. The van der Waals surface area contributed by atoms with Crippen LogP contribution in [0.5, 0.6) is 5.75 Å². The second-order valence-corrected chi connectivity index (χ2v) is 4.90. The van der Waals surface area contributed by atoms with Crippen molar-refractivity contribution >= 4 is 11.6 Å². The summed E-state index contributed by atoms with van der Waals surface area (Å²) < 4.78 is 19.5.